The number of hydrogen-bond acceptors (Lipinski definition) is 2. The molecular formula is C18H27N3O. The van der Waals surface area contributed by atoms with Gasteiger partial charge in [0.25, 0.3) is 0 Å². The largest absolute Gasteiger partial charge is 0.341 e. The zero-order valence-corrected chi connectivity index (χ0v) is 13.7. The van der Waals surface area contributed by atoms with Crippen LogP contribution in [0.4, 0.5) is 0 Å². The molecule has 2 atom stereocenters. The SMILES string of the molecule is CC(C)c1nccn1C1CCCN(C(=O)CC2C=CCC2)C1. The van der Waals surface area contributed by atoms with E-state index in [2.05, 4.69) is 46.6 Å². The van der Waals surface area contributed by atoms with Crippen molar-refractivity contribution in [2.24, 2.45) is 5.92 Å². The van der Waals surface area contributed by atoms with Gasteiger partial charge < -0.3 is 9.47 Å². The van der Waals surface area contributed by atoms with Crippen LogP contribution in [0.25, 0.3) is 0 Å². The van der Waals surface area contributed by atoms with Crippen LogP contribution in [0.5, 0.6) is 0 Å². The van der Waals surface area contributed by atoms with Gasteiger partial charge in [0.05, 0.1) is 6.04 Å². The van der Waals surface area contributed by atoms with Crippen LogP contribution < -0.4 is 0 Å². The Bertz CT molecular complexity index is 546. The lowest BCUT2D eigenvalue weighted by Crippen LogP contribution is -2.41. The summed E-state index contributed by atoms with van der Waals surface area (Å²) in [6.07, 6.45) is 13.6. The fourth-order valence-electron chi connectivity index (χ4n) is 3.71. The van der Waals surface area contributed by atoms with Crippen molar-refractivity contribution in [3.8, 4) is 0 Å². The Morgan fingerprint density at radius 3 is 3.00 bits per heavy atom. The molecule has 1 saturated heterocycles. The molecule has 1 fully saturated rings. The Morgan fingerprint density at radius 1 is 1.41 bits per heavy atom. The second-order valence-electron chi connectivity index (χ2n) is 6.95. The molecule has 1 aliphatic carbocycles. The van der Waals surface area contributed by atoms with Crippen LogP contribution in [0.1, 0.15) is 63.7 Å². The van der Waals surface area contributed by atoms with E-state index < -0.39 is 0 Å². The summed E-state index contributed by atoms with van der Waals surface area (Å²) in [4.78, 5) is 19.1. The topological polar surface area (TPSA) is 38.1 Å². The van der Waals surface area contributed by atoms with Crippen LogP contribution in [0.3, 0.4) is 0 Å². The molecule has 0 radical (unpaired) electrons. The van der Waals surface area contributed by atoms with Gasteiger partial charge in [-0.2, -0.15) is 0 Å². The third-order valence-corrected chi connectivity index (χ3v) is 4.91. The third-order valence-electron chi connectivity index (χ3n) is 4.91. The third kappa shape index (κ3) is 3.26. The number of nitrogens with zero attached hydrogens (tertiary/aromatic N) is 3. The van der Waals surface area contributed by atoms with Crippen molar-refractivity contribution >= 4 is 5.91 Å². The Labute approximate surface area is 133 Å². The lowest BCUT2D eigenvalue weighted by molar-refractivity contribution is -0.133. The van der Waals surface area contributed by atoms with Gasteiger partial charge in [0.15, 0.2) is 0 Å². The van der Waals surface area contributed by atoms with Crippen LogP contribution in [0, 0.1) is 5.92 Å². The summed E-state index contributed by atoms with van der Waals surface area (Å²) < 4.78 is 2.29. The maximum absolute atomic E-state index is 12.6. The van der Waals surface area contributed by atoms with Gasteiger partial charge in [-0.3, -0.25) is 4.79 Å². The Balaban J connectivity index is 1.64. The Hall–Kier alpha value is -1.58. The molecule has 2 aliphatic rings. The van der Waals surface area contributed by atoms with Gasteiger partial charge in [0.2, 0.25) is 5.91 Å². The maximum atomic E-state index is 12.6. The van der Waals surface area contributed by atoms with Gasteiger partial charge in [-0.05, 0) is 31.6 Å². The summed E-state index contributed by atoms with van der Waals surface area (Å²) >= 11 is 0. The molecule has 0 aromatic carbocycles. The number of amides is 1. The predicted octanol–water partition coefficient (Wildman–Crippen LogP) is 3.53. The molecule has 0 N–H and O–H groups in total. The molecule has 0 bridgehead atoms. The van der Waals surface area contributed by atoms with Crippen molar-refractivity contribution in [1.82, 2.24) is 14.5 Å². The van der Waals surface area contributed by atoms with E-state index in [0.29, 0.717) is 30.2 Å². The number of rotatable bonds is 4. The molecule has 4 nitrogen and oxygen atoms in total. The summed E-state index contributed by atoms with van der Waals surface area (Å²) in [5.41, 5.74) is 0. The number of imidazole rings is 1. The number of likely N-dealkylation sites (tertiary alicyclic amines) is 1. The van der Waals surface area contributed by atoms with Crippen molar-refractivity contribution < 1.29 is 4.79 Å². The molecule has 3 rings (SSSR count). The average molecular weight is 301 g/mol. The van der Waals surface area contributed by atoms with Gasteiger partial charge in [0.1, 0.15) is 5.82 Å². The molecule has 1 aromatic heterocycles. The second-order valence-corrected chi connectivity index (χ2v) is 6.95. The summed E-state index contributed by atoms with van der Waals surface area (Å²) in [6, 6.07) is 0.386. The van der Waals surface area contributed by atoms with Crippen LogP contribution in [-0.4, -0.2) is 33.4 Å². The molecule has 2 heterocycles. The number of hydrogen-bond donors (Lipinski definition) is 0. The number of allylic oxidation sites excluding steroid dienone is 2. The van der Waals surface area contributed by atoms with Crippen LogP contribution in [0.15, 0.2) is 24.5 Å². The maximum Gasteiger partial charge on any atom is 0.223 e. The first kappa shape index (κ1) is 15.3. The molecule has 1 aromatic rings. The van der Waals surface area contributed by atoms with Crippen molar-refractivity contribution in [2.45, 2.75) is 57.9 Å². The highest BCUT2D eigenvalue weighted by Gasteiger charge is 2.27. The first-order valence-electron chi connectivity index (χ1n) is 8.62. The molecule has 2 unspecified atom stereocenters. The van der Waals surface area contributed by atoms with E-state index in [4.69, 9.17) is 0 Å². The quantitative estimate of drug-likeness (QED) is 0.798. The molecule has 0 saturated carbocycles. The molecule has 1 aliphatic heterocycles. The number of piperidine rings is 1. The highest BCUT2D eigenvalue weighted by Crippen LogP contribution is 2.27. The zero-order valence-electron chi connectivity index (χ0n) is 13.7. The van der Waals surface area contributed by atoms with E-state index in [1.807, 2.05) is 6.20 Å². The van der Waals surface area contributed by atoms with Crippen molar-refractivity contribution in [3.05, 3.63) is 30.4 Å². The first-order valence-corrected chi connectivity index (χ1v) is 8.62. The molecule has 22 heavy (non-hydrogen) atoms. The highest BCUT2D eigenvalue weighted by molar-refractivity contribution is 5.76. The minimum Gasteiger partial charge on any atom is -0.341 e. The predicted molar refractivity (Wildman–Crippen MR) is 87.6 cm³/mol. The van der Waals surface area contributed by atoms with Gasteiger partial charge in [-0.25, -0.2) is 4.98 Å². The normalized spacial score (nSPS) is 25.1. The van der Waals surface area contributed by atoms with E-state index in [1.54, 1.807) is 0 Å². The van der Waals surface area contributed by atoms with Crippen LogP contribution >= 0.6 is 0 Å². The summed E-state index contributed by atoms with van der Waals surface area (Å²) in [5.74, 6) is 2.35. The van der Waals surface area contributed by atoms with E-state index >= 15 is 0 Å². The minimum atomic E-state index is 0.326. The summed E-state index contributed by atoms with van der Waals surface area (Å²) in [5, 5.41) is 0. The monoisotopic (exact) mass is 301 g/mol. The molecule has 0 spiro atoms. The summed E-state index contributed by atoms with van der Waals surface area (Å²) in [7, 11) is 0. The Morgan fingerprint density at radius 2 is 2.27 bits per heavy atom. The fraction of sp³-hybridized carbons (Fsp3) is 0.667. The van der Waals surface area contributed by atoms with Crippen molar-refractivity contribution in [1.29, 1.82) is 0 Å². The number of carbonyl (C=O) groups is 1. The number of carbonyl (C=O) groups excluding carboxylic acids is 1. The molecule has 120 valence electrons. The fourth-order valence-corrected chi connectivity index (χ4v) is 3.71. The standard InChI is InChI=1S/C18H27N3O/c1-14(2)18-19-9-11-21(18)16-8-5-10-20(13-16)17(22)12-15-6-3-4-7-15/h3,6,9,11,14-16H,4-5,7-8,10,12-13H2,1-2H3. The van der Waals surface area contributed by atoms with E-state index in [-0.39, 0.29) is 0 Å². The van der Waals surface area contributed by atoms with Gasteiger partial charge in [-0.1, -0.05) is 26.0 Å². The summed E-state index contributed by atoms with van der Waals surface area (Å²) in [6.45, 7) is 6.11. The highest BCUT2D eigenvalue weighted by atomic mass is 16.2. The van der Waals surface area contributed by atoms with E-state index in [1.165, 1.54) is 0 Å². The molecule has 1 amide bonds. The van der Waals surface area contributed by atoms with Crippen molar-refractivity contribution in [2.75, 3.05) is 13.1 Å². The van der Waals surface area contributed by atoms with Crippen LogP contribution in [0.2, 0.25) is 0 Å². The van der Waals surface area contributed by atoms with E-state index in [9.17, 15) is 4.79 Å². The Kier molecular flexibility index (Phi) is 4.65. The number of aromatic nitrogens is 2. The van der Waals surface area contributed by atoms with Crippen LogP contribution in [-0.2, 0) is 4.79 Å². The van der Waals surface area contributed by atoms with Gasteiger partial charge in [-0.15, -0.1) is 0 Å². The average Bonchev–Trinajstić information content (AvgIpc) is 3.18. The lowest BCUT2D eigenvalue weighted by atomic mass is 10.0. The smallest absolute Gasteiger partial charge is 0.223 e. The molecule has 4 heteroatoms. The van der Waals surface area contributed by atoms with E-state index in [0.717, 1.165) is 44.6 Å². The van der Waals surface area contributed by atoms with Gasteiger partial charge >= 0.3 is 0 Å². The lowest BCUT2D eigenvalue weighted by Gasteiger charge is -2.35. The molecular weight excluding hydrogens is 274 g/mol. The zero-order chi connectivity index (χ0) is 15.5. The second kappa shape index (κ2) is 6.67. The first-order chi connectivity index (χ1) is 10.6. The van der Waals surface area contributed by atoms with Gasteiger partial charge in [0, 0.05) is 37.8 Å². The van der Waals surface area contributed by atoms with Crippen molar-refractivity contribution in [3.63, 3.8) is 0 Å². The minimum absolute atomic E-state index is 0.326.